The Morgan fingerprint density at radius 2 is 1.79 bits per heavy atom. The third-order valence-electron chi connectivity index (χ3n) is 4.01. The highest BCUT2D eigenvalue weighted by atomic mass is 16.5. The van der Waals surface area contributed by atoms with Crippen LogP contribution in [0, 0.1) is 0 Å². The number of aromatic hydroxyl groups is 1. The summed E-state index contributed by atoms with van der Waals surface area (Å²) in [7, 11) is 4.45. The summed E-state index contributed by atoms with van der Waals surface area (Å²) in [5.41, 5.74) is 0.974. The van der Waals surface area contributed by atoms with Gasteiger partial charge in [-0.15, -0.1) is 0 Å². The van der Waals surface area contributed by atoms with Crippen molar-refractivity contribution in [3.8, 4) is 28.7 Å². The Balaban J connectivity index is 2.00. The monoisotopic (exact) mass is 330 g/mol. The van der Waals surface area contributed by atoms with E-state index in [2.05, 4.69) is 0 Å². The summed E-state index contributed by atoms with van der Waals surface area (Å²) < 4.78 is 21.4. The van der Waals surface area contributed by atoms with E-state index in [9.17, 15) is 9.90 Å². The van der Waals surface area contributed by atoms with Crippen LogP contribution in [0.3, 0.4) is 0 Å². The molecule has 1 aliphatic rings. The Labute approximate surface area is 139 Å². The highest BCUT2D eigenvalue weighted by Crippen LogP contribution is 2.48. The van der Waals surface area contributed by atoms with Gasteiger partial charge in [0.2, 0.25) is 5.75 Å². The molecular formula is C18H18O6. The first-order valence-electron chi connectivity index (χ1n) is 7.40. The van der Waals surface area contributed by atoms with E-state index in [1.165, 1.54) is 14.2 Å². The average molecular weight is 330 g/mol. The number of carbonyl (C=O) groups is 1. The van der Waals surface area contributed by atoms with Crippen molar-refractivity contribution in [3.63, 3.8) is 0 Å². The van der Waals surface area contributed by atoms with Gasteiger partial charge in [-0.1, -0.05) is 12.1 Å². The van der Waals surface area contributed by atoms with Crippen LogP contribution >= 0.6 is 0 Å². The first-order chi connectivity index (χ1) is 11.6. The number of ketones is 1. The van der Waals surface area contributed by atoms with Crippen LogP contribution in [0.15, 0.2) is 30.3 Å². The molecule has 0 saturated heterocycles. The van der Waals surface area contributed by atoms with Gasteiger partial charge in [0, 0.05) is 6.07 Å². The molecular weight excluding hydrogens is 312 g/mol. The van der Waals surface area contributed by atoms with E-state index >= 15 is 0 Å². The van der Waals surface area contributed by atoms with Gasteiger partial charge >= 0.3 is 0 Å². The number of phenolic OH excluding ortho intramolecular Hbond substituents is 1. The van der Waals surface area contributed by atoms with Gasteiger partial charge in [0.25, 0.3) is 0 Å². The molecule has 0 aromatic heterocycles. The molecule has 24 heavy (non-hydrogen) atoms. The summed E-state index contributed by atoms with van der Waals surface area (Å²) in [5, 5.41) is 10.3. The zero-order valence-corrected chi connectivity index (χ0v) is 13.7. The number of ether oxygens (including phenoxy) is 4. The van der Waals surface area contributed by atoms with Gasteiger partial charge in [-0.3, -0.25) is 4.79 Å². The van der Waals surface area contributed by atoms with Gasteiger partial charge in [-0.05, 0) is 17.7 Å². The van der Waals surface area contributed by atoms with E-state index in [4.69, 9.17) is 18.9 Å². The lowest BCUT2D eigenvalue weighted by Crippen LogP contribution is -2.20. The Morgan fingerprint density at radius 1 is 1.08 bits per heavy atom. The SMILES string of the molecule is COc1ccc(C2CC(=O)c3c(cc(OC)c(OC)c3O)O2)cc1. The van der Waals surface area contributed by atoms with E-state index in [0.29, 0.717) is 5.75 Å². The van der Waals surface area contributed by atoms with Gasteiger partial charge in [0.1, 0.15) is 23.2 Å². The summed E-state index contributed by atoms with van der Waals surface area (Å²) in [4.78, 5) is 12.5. The molecule has 126 valence electrons. The van der Waals surface area contributed by atoms with Gasteiger partial charge in [0.15, 0.2) is 17.3 Å². The predicted molar refractivity (Wildman–Crippen MR) is 86.5 cm³/mol. The van der Waals surface area contributed by atoms with E-state index in [1.54, 1.807) is 13.2 Å². The van der Waals surface area contributed by atoms with Crippen molar-refractivity contribution < 1.29 is 28.8 Å². The third-order valence-corrected chi connectivity index (χ3v) is 4.01. The van der Waals surface area contributed by atoms with Crippen LogP contribution in [-0.4, -0.2) is 32.2 Å². The summed E-state index contributed by atoms with van der Waals surface area (Å²) in [6.07, 6.45) is -0.309. The molecule has 0 saturated carbocycles. The average Bonchev–Trinajstić information content (AvgIpc) is 2.60. The van der Waals surface area contributed by atoms with Crippen molar-refractivity contribution in [1.29, 1.82) is 0 Å². The van der Waals surface area contributed by atoms with Crippen LogP contribution in [-0.2, 0) is 0 Å². The Hall–Kier alpha value is -2.89. The molecule has 3 rings (SSSR count). The molecule has 1 atom stereocenters. The molecule has 1 aliphatic heterocycles. The standard InChI is InChI=1S/C18H18O6/c1-21-11-6-4-10(5-7-11)13-8-12(19)16-14(24-13)9-15(22-2)18(23-3)17(16)20/h4-7,9,13,20H,8H2,1-3H3. The molecule has 6 nitrogen and oxygen atoms in total. The number of carbonyl (C=O) groups excluding carboxylic acids is 1. The van der Waals surface area contributed by atoms with E-state index < -0.39 is 6.10 Å². The Morgan fingerprint density at radius 3 is 2.38 bits per heavy atom. The van der Waals surface area contributed by atoms with Gasteiger partial charge in [-0.25, -0.2) is 0 Å². The Kier molecular flexibility index (Phi) is 4.20. The van der Waals surface area contributed by atoms with Crippen LogP contribution in [0.2, 0.25) is 0 Å². The van der Waals surface area contributed by atoms with E-state index in [1.807, 2.05) is 24.3 Å². The number of hydrogen-bond donors (Lipinski definition) is 1. The number of rotatable bonds is 4. The molecule has 0 fully saturated rings. The smallest absolute Gasteiger partial charge is 0.204 e. The highest BCUT2D eigenvalue weighted by Gasteiger charge is 2.33. The number of phenols is 1. The molecule has 1 N–H and O–H groups in total. The lowest BCUT2D eigenvalue weighted by atomic mass is 9.95. The number of methoxy groups -OCH3 is 3. The van der Waals surface area contributed by atoms with Crippen LogP contribution in [0.1, 0.15) is 28.4 Å². The summed E-state index contributed by atoms with van der Waals surface area (Å²) in [5.74, 6) is 0.959. The second-order valence-corrected chi connectivity index (χ2v) is 5.34. The maximum absolute atomic E-state index is 12.5. The minimum absolute atomic E-state index is 0.121. The molecule has 0 spiro atoms. The van der Waals surface area contributed by atoms with Crippen molar-refractivity contribution in [2.45, 2.75) is 12.5 Å². The van der Waals surface area contributed by atoms with Crippen molar-refractivity contribution in [1.82, 2.24) is 0 Å². The normalized spacial score (nSPS) is 16.1. The first-order valence-corrected chi connectivity index (χ1v) is 7.40. The fraction of sp³-hybridized carbons (Fsp3) is 0.278. The second kappa shape index (κ2) is 6.31. The maximum Gasteiger partial charge on any atom is 0.204 e. The summed E-state index contributed by atoms with van der Waals surface area (Å²) in [6.45, 7) is 0. The number of benzene rings is 2. The van der Waals surface area contributed by atoms with Crippen molar-refractivity contribution in [3.05, 3.63) is 41.5 Å². The molecule has 0 radical (unpaired) electrons. The quantitative estimate of drug-likeness (QED) is 0.928. The van der Waals surface area contributed by atoms with Gasteiger partial charge in [0.05, 0.1) is 27.8 Å². The molecule has 0 aliphatic carbocycles. The van der Waals surface area contributed by atoms with Crippen LogP contribution < -0.4 is 18.9 Å². The second-order valence-electron chi connectivity index (χ2n) is 5.34. The minimum atomic E-state index is -0.437. The molecule has 0 bridgehead atoms. The third kappa shape index (κ3) is 2.60. The van der Waals surface area contributed by atoms with Crippen LogP contribution in [0.4, 0.5) is 0 Å². The van der Waals surface area contributed by atoms with E-state index in [0.717, 1.165) is 11.3 Å². The molecule has 2 aromatic carbocycles. The number of fused-ring (bicyclic) bond motifs is 1. The summed E-state index contributed by atoms with van der Waals surface area (Å²) >= 11 is 0. The Bertz CT molecular complexity index is 766. The maximum atomic E-state index is 12.5. The fourth-order valence-corrected chi connectivity index (χ4v) is 2.78. The van der Waals surface area contributed by atoms with Crippen LogP contribution in [0.25, 0.3) is 0 Å². The van der Waals surface area contributed by atoms with E-state index in [-0.39, 0.29) is 35.0 Å². The largest absolute Gasteiger partial charge is 0.504 e. The fourth-order valence-electron chi connectivity index (χ4n) is 2.78. The zero-order valence-electron chi connectivity index (χ0n) is 13.7. The number of hydrogen-bond acceptors (Lipinski definition) is 6. The molecule has 0 amide bonds. The van der Waals surface area contributed by atoms with Crippen molar-refractivity contribution >= 4 is 5.78 Å². The molecule has 1 heterocycles. The van der Waals surface area contributed by atoms with Crippen molar-refractivity contribution in [2.75, 3.05) is 21.3 Å². The molecule has 1 unspecified atom stereocenters. The topological polar surface area (TPSA) is 74.2 Å². The van der Waals surface area contributed by atoms with Crippen LogP contribution in [0.5, 0.6) is 28.7 Å². The lowest BCUT2D eigenvalue weighted by Gasteiger charge is -2.27. The minimum Gasteiger partial charge on any atom is -0.504 e. The predicted octanol–water partition coefficient (Wildman–Crippen LogP) is 3.12. The zero-order chi connectivity index (χ0) is 17.3. The van der Waals surface area contributed by atoms with Gasteiger partial charge < -0.3 is 24.1 Å². The molecule has 6 heteroatoms. The lowest BCUT2D eigenvalue weighted by molar-refractivity contribution is 0.0843. The number of Topliss-reactive ketones (excluding diaryl/α,β-unsaturated/α-hetero) is 1. The molecule has 2 aromatic rings. The highest BCUT2D eigenvalue weighted by molar-refractivity contribution is 6.03. The summed E-state index contributed by atoms with van der Waals surface area (Å²) in [6, 6.07) is 8.88. The first kappa shape index (κ1) is 16.0. The van der Waals surface area contributed by atoms with Crippen molar-refractivity contribution in [2.24, 2.45) is 0 Å². The van der Waals surface area contributed by atoms with Gasteiger partial charge in [-0.2, -0.15) is 0 Å².